The minimum atomic E-state index is -0.424. The van der Waals surface area contributed by atoms with Gasteiger partial charge < -0.3 is 5.32 Å². The fourth-order valence-electron chi connectivity index (χ4n) is 3.28. The van der Waals surface area contributed by atoms with Gasteiger partial charge in [0.05, 0.1) is 10.9 Å². The number of hydrogen-bond donors (Lipinski definition) is 1. The average molecular weight is 373 g/mol. The van der Waals surface area contributed by atoms with E-state index >= 15 is 0 Å². The molecule has 0 aliphatic rings. The van der Waals surface area contributed by atoms with E-state index in [9.17, 15) is 14.4 Å². The van der Waals surface area contributed by atoms with Crippen LogP contribution in [0.15, 0.2) is 27.8 Å². The summed E-state index contributed by atoms with van der Waals surface area (Å²) in [5, 5.41) is 3.33. The Kier molecular flexibility index (Phi) is 6.63. The number of fused-ring (bicyclic) bond motifs is 1. The van der Waals surface area contributed by atoms with E-state index in [1.807, 2.05) is 45.9 Å². The van der Waals surface area contributed by atoms with E-state index in [1.165, 1.54) is 0 Å². The molecule has 0 fully saturated rings. The van der Waals surface area contributed by atoms with Crippen molar-refractivity contribution in [3.63, 3.8) is 0 Å². The van der Waals surface area contributed by atoms with Gasteiger partial charge in [-0.2, -0.15) is 0 Å². The maximum absolute atomic E-state index is 13.0. The highest BCUT2D eigenvalue weighted by molar-refractivity contribution is 5.82. The summed E-state index contributed by atoms with van der Waals surface area (Å²) >= 11 is 0. The third-order valence-corrected chi connectivity index (χ3v) is 4.51. The van der Waals surface area contributed by atoms with Crippen LogP contribution in [0.5, 0.6) is 0 Å². The summed E-state index contributed by atoms with van der Waals surface area (Å²) in [6, 6.07) is 5.52. The zero-order chi connectivity index (χ0) is 20.2. The summed E-state index contributed by atoms with van der Waals surface area (Å²) in [5.41, 5.74) is 0.214. The van der Waals surface area contributed by atoms with Crippen LogP contribution in [0, 0.1) is 6.92 Å². The molecular weight excluding hydrogens is 342 g/mol. The Labute approximate surface area is 160 Å². The van der Waals surface area contributed by atoms with E-state index in [2.05, 4.69) is 12.2 Å². The summed E-state index contributed by atoms with van der Waals surface area (Å²) in [4.78, 5) is 38.3. The van der Waals surface area contributed by atoms with Crippen LogP contribution in [0.2, 0.25) is 0 Å². The predicted molar refractivity (Wildman–Crippen MR) is 109 cm³/mol. The molecule has 27 heavy (non-hydrogen) atoms. The van der Waals surface area contributed by atoms with Gasteiger partial charge in [-0.15, -0.1) is 0 Å². The second-order valence-corrected chi connectivity index (χ2v) is 8.15. The molecule has 1 N–H and O–H groups in total. The number of hydrogen-bond acceptors (Lipinski definition) is 3. The maximum Gasteiger partial charge on any atom is 0.331 e. The number of benzene rings is 1. The molecule has 0 radical (unpaired) electrons. The molecule has 1 amide bonds. The molecule has 0 saturated carbocycles. The second kappa shape index (κ2) is 8.55. The SMILES string of the molecule is CCCCCCn1c(=O)n(CC(=O)NC(C)(C)C)c(=O)c2c(C)cccc21. The summed E-state index contributed by atoms with van der Waals surface area (Å²) in [7, 11) is 0. The van der Waals surface area contributed by atoms with Crippen LogP contribution < -0.4 is 16.6 Å². The van der Waals surface area contributed by atoms with E-state index in [0.717, 1.165) is 35.8 Å². The third-order valence-electron chi connectivity index (χ3n) is 4.51. The molecule has 0 atom stereocenters. The quantitative estimate of drug-likeness (QED) is 0.759. The van der Waals surface area contributed by atoms with E-state index in [0.29, 0.717) is 17.4 Å². The number of amides is 1. The first-order valence-electron chi connectivity index (χ1n) is 9.69. The molecule has 0 spiro atoms. The van der Waals surface area contributed by atoms with Gasteiger partial charge in [0.2, 0.25) is 5.91 Å². The highest BCUT2D eigenvalue weighted by Gasteiger charge is 2.19. The summed E-state index contributed by atoms with van der Waals surface area (Å²) in [5.74, 6) is -0.341. The molecule has 0 bridgehead atoms. The Morgan fingerprint density at radius 1 is 1.07 bits per heavy atom. The Hall–Kier alpha value is -2.37. The van der Waals surface area contributed by atoms with Gasteiger partial charge in [-0.05, 0) is 45.7 Å². The molecule has 0 aliphatic heterocycles. The standard InChI is InChI=1S/C21H31N3O3/c1-6-7-8-9-13-23-16-12-10-11-15(2)18(16)19(26)24(20(23)27)14-17(25)22-21(3,4)5/h10-12H,6-9,13-14H2,1-5H3,(H,22,25). The number of nitrogens with zero attached hydrogens (tertiary/aromatic N) is 2. The molecule has 2 aromatic rings. The number of aromatic nitrogens is 2. The Morgan fingerprint density at radius 3 is 2.41 bits per heavy atom. The van der Waals surface area contributed by atoms with Crippen LogP contribution in [-0.2, 0) is 17.9 Å². The zero-order valence-corrected chi connectivity index (χ0v) is 17.1. The van der Waals surface area contributed by atoms with Gasteiger partial charge in [-0.1, -0.05) is 38.3 Å². The van der Waals surface area contributed by atoms with Crippen molar-refractivity contribution in [2.45, 2.75) is 78.9 Å². The van der Waals surface area contributed by atoms with Gasteiger partial charge in [0.1, 0.15) is 6.54 Å². The molecule has 1 aromatic carbocycles. The minimum Gasteiger partial charge on any atom is -0.350 e. The first-order valence-corrected chi connectivity index (χ1v) is 9.69. The van der Waals surface area contributed by atoms with Crippen molar-refractivity contribution < 1.29 is 4.79 Å². The van der Waals surface area contributed by atoms with Gasteiger partial charge in [-0.25, -0.2) is 4.79 Å². The molecule has 1 aromatic heterocycles. The van der Waals surface area contributed by atoms with Gasteiger partial charge >= 0.3 is 5.69 Å². The molecular formula is C21H31N3O3. The number of carbonyl (C=O) groups is 1. The maximum atomic E-state index is 13.0. The van der Waals surface area contributed by atoms with Crippen LogP contribution in [0.4, 0.5) is 0 Å². The average Bonchev–Trinajstić information content (AvgIpc) is 2.56. The number of nitrogens with one attached hydrogen (secondary N) is 1. The largest absolute Gasteiger partial charge is 0.350 e. The van der Waals surface area contributed by atoms with Crippen molar-refractivity contribution in [2.24, 2.45) is 0 Å². The molecule has 0 saturated heterocycles. The van der Waals surface area contributed by atoms with Gasteiger partial charge in [0, 0.05) is 12.1 Å². The van der Waals surface area contributed by atoms with Crippen LogP contribution >= 0.6 is 0 Å². The highest BCUT2D eigenvalue weighted by atomic mass is 16.2. The van der Waals surface area contributed by atoms with Gasteiger partial charge in [0.25, 0.3) is 5.56 Å². The number of aryl methyl sites for hydroxylation is 2. The topological polar surface area (TPSA) is 73.1 Å². The third kappa shape index (κ3) is 5.08. The van der Waals surface area contributed by atoms with E-state index in [4.69, 9.17) is 0 Å². The van der Waals surface area contributed by atoms with Crippen LogP contribution in [0.3, 0.4) is 0 Å². The first-order chi connectivity index (χ1) is 12.7. The fourth-order valence-corrected chi connectivity index (χ4v) is 3.28. The van der Waals surface area contributed by atoms with E-state index in [1.54, 1.807) is 4.57 Å². The van der Waals surface area contributed by atoms with Crippen LogP contribution in [0.25, 0.3) is 10.9 Å². The molecule has 2 rings (SSSR count). The monoisotopic (exact) mass is 373 g/mol. The number of rotatable bonds is 7. The Bertz CT molecular complexity index is 933. The summed E-state index contributed by atoms with van der Waals surface area (Å²) in [6.45, 7) is 9.86. The summed E-state index contributed by atoms with van der Waals surface area (Å²) < 4.78 is 2.71. The van der Waals surface area contributed by atoms with E-state index in [-0.39, 0.29) is 12.5 Å². The van der Waals surface area contributed by atoms with Crippen LogP contribution in [-0.4, -0.2) is 20.6 Å². The molecule has 148 valence electrons. The second-order valence-electron chi connectivity index (χ2n) is 8.15. The molecule has 6 heteroatoms. The number of unbranched alkanes of at least 4 members (excludes halogenated alkanes) is 3. The predicted octanol–water partition coefficient (Wildman–Crippen LogP) is 2.97. The fraction of sp³-hybridized carbons (Fsp3) is 0.571. The van der Waals surface area contributed by atoms with Crippen molar-refractivity contribution in [2.75, 3.05) is 0 Å². The van der Waals surface area contributed by atoms with Crippen LogP contribution in [0.1, 0.15) is 58.9 Å². The Morgan fingerprint density at radius 2 is 1.78 bits per heavy atom. The summed E-state index contributed by atoms with van der Waals surface area (Å²) in [6.07, 6.45) is 4.11. The smallest absolute Gasteiger partial charge is 0.331 e. The van der Waals surface area contributed by atoms with Gasteiger partial charge in [0.15, 0.2) is 0 Å². The molecule has 6 nitrogen and oxygen atoms in total. The van der Waals surface area contributed by atoms with E-state index < -0.39 is 16.8 Å². The number of carbonyl (C=O) groups excluding carboxylic acids is 1. The molecule has 0 unspecified atom stereocenters. The molecule has 1 heterocycles. The lowest BCUT2D eigenvalue weighted by Crippen LogP contribution is -2.47. The lowest BCUT2D eigenvalue weighted by atomic mass is 10.1. The lowest BCUT2D eigenvalue weighted by Gasteiger charge is -2.21. The van der Waals surface area contributed by atoms with Gasteiger partial charge in [-0.3, -0.25) is 18.7 Å². The lowest BCUT2D eigenvalue weighted by molar-refractivity contribution is -0.123. The highest BCUT2D eigenvalue weighted by Crippen LogP contribution is 2.14. The Balaban J connectivity index is 2.53. The van der Waals surface area contributed by atoms with Crippen molar-refractivity contribution in [3.8, 4) is 0 Å². The van der Waals surface area contributed by atoms with Crippen molar-refractivity contribution >= 4 is 16.8 Å². The zero-order valence-electron chi connectivity index (χ0n) is 17.1. The van der Waals surface area contributed by atoms with Crippen molar-refractivity contribution in [1.82, 2.24) is 14.5 Å². The van der Waals surface area contributed by atoms with Crippen molar-refractivity contribution in [3.05, 3.63) is 44.6 Å². The first kappa shape index (κ1) is 20.9. The normalized spacial score (nSPS) is 11.7. The van der Waals surface area contributed by atoms with Crippen molar-refractivity contribution in [1.29, 1.82) is 0 Å². The minimum absolute atomic E-state index is 0.270. The molecule has 0 aliphatic carbocycles.